The van der Waals surface area contributed by atoms with Gasteiger partial charge >= 0.3 is 0 Å². The Morgan fingerprint density at radius 3 is 3.07 bits per heavy atom. The Hall–Kier alpha value is -0.540. The Morgan fingerprint density at radius 2 is 2.27 bits per heavy atom. The molecule has 1 aromatic heterocycles. The highest BCUT2D eigenvalue weighted by molar-refractivity contribution is 7.09. The Morgan fingerprint density at radius 1 is 1.33 bits per heavy atom. The number of hydrogen-bond donors (Lipinski definition) is 1. The van der Waals surface area contributed by atoms with Gasteiger partial charge in [0.2, 0.25) is 0 Å². The molecule has 2 nitrogen and oxygen atoms in total. The Bertz CT molecular complexity index is 296. The molecule has 0 aliphatic carbocycles. The van der Waals surface area contributed by atoms with Gasteiger partial charge < -0.3 is 5.32 Å². The van der Waals surface area contributed by atoms with Gasteiger partial charge in [0.15, 0.2) is 0 Å². The fourth-order valence-corrected chi connectivity index (χ4v) is 2.27. The second-order valence-electron chi connectivity index (χ2n) is 3.57. The van der Waals surface area contributed by atoms with E-state index in [-0.39, 0.29) is 12.4 Å². The second-order valence-corrected chi connectivity index (χ2v) is 4.60. The smallest absolute Gasteiger partial charge is 0.0965 e. The summed E-state index contributed by atoms with van der Waals surface area (Å²) in [4.78, 5) is 5.92. The van der Waals surface area contributed by atoms with E-state index in [1.54, 1.807) is 11.3 Å². The quantitative estimate of drug-likeness (QED) is 0.849. The van der Waals surface area contributed by atoms with Crippen LogP contribution in [0.1, 0.15) is 30.6 Å². The standard InChI is InChI=1S/C11H16N2S.ClH/c1-2-6-11(12-7-3-1)13-9-10-5-4-8-14-10;/h4-5,8H,1-3,6-7,9H2,(H,12,13);1H. The van der Waals surface area contributed by atoms with Gasteiger partial charge in [0.25, 0.3) is 0 Å². The third-order valence-corrected chi connectivity index (χ3v) is 3.30. The number of rotatable bonds is 2. The van der Waals surface area contributed by atoms with Gasteiger partial charge in [0.05, 0.1) is 12.4 Å². The first-order chi connectivity index (χ1) is 6.95. The summed E-state index contributed by atoms with van der Waals surface area (Å²) in [7, 11) is 0. The van der Waals surface area contributed by atoms with Crippen LogP contribution >= 0.6 is 23.7 Å². The zero-order valence-electron chi connectivity index (χ0n) is 8.74. The zero-order chi connectivity index (χ0) is 9.64. The Kier molecular flexibility index (Phi) is 5.73. The summed E-state index contributed by atoms with van der Waals surface area (Å²) in [6, 6.07) is 4.26. The minimum Gasteiger partial charge on any atom is -0.369 e. The third kappa shape index (κ3) is 4.22. The predicted molar refractivity (Wildman–Crippen MR) is 69.2 cm³/mol. The van der Waals surface area contributed by atoms with E-state index in [4.69, 9.17) is 0 Å². The molecule has 2 heterocycles. The van der Waals surface area contributed by atoms with Crippen molar-refractivity contribution in [2.75, 3.05) is 6.54 Å². The Balaban J connectivity index is 0.00000112. The fourth-order valence-electron chi connectivity index (χ4n) is 1.62. The SMILES string of the molecule is Cl.c1csc(CNC2=NCCCCC2)c1. The van der Waals surface area contributed by atoms with Crippen molar-refractivity contribution in [1.29, 1.82) is 0 Å². The molecule has 0 saturated heterocycles. The molecule has 0 atom stereocenters. The van der Waals surface area contributed by atoms with Crippen LogP contribution in [0.4, 0.5) is 0 Å². The number of aliphatic imine (C=N–C) groups is 1. The van der Waals surface area contributed by atoms with Gasteiger partial charge in [-0.3, -0.25) is 4.99 Å². The molecule has 1 aliphatic rings. The van der Waals surface area contributed by atoms with Crippen LogP contribution in [0.25, 0.3) is 0 Å². The molecule has 1 aliphatic heterocycles. The number of thiophene rings is 1. The predicted octanol–water partition coefficient (Wildman–Crippen LogP) is 3.23. The molecular weight excluding hydrogens is 228 g/mol. The minimum absolute atomic E-state index is 0. The molecule has 0 saturated carbocycles. The van der Waals surface area contributed by atoms with E-state index in [1.165, 1.54) is 30.0 Å². The van der Waals surface area contributed by atoms with E-state index in [0.29, 0.717) is 0 Å². The highest BCUT2D eigenvalue weighted by Crippen LogP contribution is 2.09. The van der Waals surface area contributed by atoms with Crippen molar-refractivity contribution in [3.05, 3.63) is 22.4 Å². The van der Waals surface area contributed by atoms with E-state index in [1.807, 2.05) is 0 Å². The average molecular weight is 245 g/mol. The highest BCUT2D eigenvalue weighted by atomic mass is 35.5. The third-order valence-electron chi connectivity index (χ3n) is 2.42. The van der Waals surface area contributed by atoms with Crippen LogP contribution in [0.2, 0.25) is 0 Å². The van der Waals surface area contributed by atoms with Gasteiger partial charge in [0.1, 0.15) is 0 Å². The van der Waals surface area contributed by atoms with Crippen molar-refractivity contribution < 1.29 is 0 Å². The topological polar surface area (TPSA) is 24.4 Å². The Labute approximate surface area is 101 Å². The number of amidine groups is 1. The molecule has 1 aromatic rings. The molecule has 0 spiro atoms. The first kappa shape index (κ1) is 12.5. The van der Waals surface area contributed by atoms with Crippen LogP contribution in [-0.4, -0.2) is 12.4 Å². The van der Waals surface area contributed by atoms with Crippen molar-refractivity contribution in [2.24, 2.45) is 4.99 Å². The van der Waals surface area contributed by atoms with E-state index < -0.39 is 0 Å². The zero-order valence-corrected chi connectivity index (χ0v) is 10.4. The van der Waals surface area contributed by atoms with Crippen molar-refractivity contribution in [1.82, 2.24) is 5.32 Å². The minimum atomic E-state index is 0. The average Bonchev–Trinajstić information content (AvgIpc) is 2.58. The first-order valence-electron chi connectivity index (χ1n) is 5.25. The summed E-state index contributed by atoms with van der Waals surface area (Å²) in [5.74, 6) is 1.20. The molecule has 0 radical (unpaired) electrons. The number of nitrogens with zero attached hydrogens (tertiary/aromatic N) is 1. The van der Waals surface area contributed by atoms with Crippen LogP contribution < -0.4 is 5.32 Å². The molecule has 15 heavy (non-hydrogen) atoms. The normalized spacial score (nSPS) is 16.1. The van der Waals surface area contributed by atoms with Crippen LogP contribution in [0.3, 0.4) is 0 Å². The molecule has 0 unspecified atom stereocenters. The van der Waals surface area contributed by atoms with Crippen molar-refractivity contribution in [2.45, 2.75) is 32.2 Å². The molecule has 0 aromatic carbocycles. The molecule has 0 amide bonds. The fraction of sp³-hybridized carbons (Fsp3) is 0.545. The van der Waals surface area contributed by atoms with Gasteiger partial charge in [-0.25, -0.2) is 0 Å². The summed E-state index contributed by atoms with van der Waals surface area (Å²) in [6.07, 6.45) is 5.00. The summed E-state index contributed by atoms with van der Waals surface area (Å²) < 4.78 is 0. The molecule has 84 valence electrons. The van der Waals surface area contributed by atoms with Gasteiger partial charge in [0, 0.05) is 17.8 Å². The molecule has 0 bridgehead atoms. The molecule has 2 rings (SSSR count). The van der Waals surface area contributed by atoms with E-state index >= 15 is 0 Å². The largest absolute Gasteiger partial charge is 0.369 e. The second kappa shape index (κ2) is 6.85. The maximum Gasteiger partial charge on any atom is 0.0965 e. The monoisotopic (exact) mass is 244 g/mol. The maximum atomic E-state index is 4.53. The maximum absolute atomic E-state index is 4.53. The van der Waals surface area contributed by atoms with Gasteiger partial charge in [-0.1, -0.05) is 12.5 Å². The van der Waals surface area contributed by atoms with Gasteiger partial charge in [-0.15, -0.1) is 23.7 Å². The van der Waals surface area contributed by atoms with Crippen molar-refractivity contribution in [3.63, 3.8) is 0 Å². The summed E-state index contributed by atoms with van der Waals surface area (Å²) in [6.45, 7) is 1.95. The van der Waals surface area contributed by atoms with E-state index in [0.717, 1.165) is 19.5 Å². The number of nitrogens with one attached hydrogen (secondary N) is 1. The molecule has 4 heteroatoms. The molecular formula is C11H17ClN2S. The lowest BCUT2D eigenvalue weighted by Gasteiger charge is -2.06. The number of halogens is 1. The lowest BCUT2D eigenvalue weighted by molar-refractivity contribution is 0.728. The lowest BCUT2D eigenvalue weighted by atomic mass is 10.2. The summed E-state index contributed by atoms with van der Waals surface area (Å²) >= 11 is 1.80. The molecule has 0 fully saturated rings. The first-order valence-corrected chi connectivity index (χ1v) is 6.13. The van der Waals surface area contributed by atoms with Crippen LogP contribution in [0.15, 0.2) is 22.5 Å². The van der Waals surface area contributed by atoms with Crippen LogP contribution in [0, 0.1) is 0 Å². The van der Waals surface area contributed by atoms with E-state index in [2.05, 4.69) is 27.8 Å². The lowest BCUT2D eigenvalue weighted by Crippen LogP contribution is -2.22. The van der Waals surface area contributed by atoms with E-state index in [9.17, 15) is 0 Å². The highest BCUT2D eigenvalue weighted by Gasteiger charge is 2.03. The summed E-state index contributed by atoms with van der Waals surface area (Å²) in [5.41, 5.74) is 0. The van der Waals surface area contributed by atoms with Gasteiger partial charge in [-0.2, -0.15) is 0 Å². The molecule has 1 N–H and O–H groups in total. The van der Waals surface area contributed by atoms with Crippen LogP contribution in [0.5, 0.6) is 0 Å². The van der Waals surface area contributed by atoms with Crippen LogP contribution in [-0.2, 0) is 6.54 Å². The van der Waals surface area contributed by atoms with Gasteiger partial charge in [-0.05, 0) is 24.3 Å². The number of hydrogen-bond acceptors (Lipinski definition) is 3. The van der Waals surface area contributed by atoms with Crippen molar-refractivity contribution in [3.8, 4) is 0 Å². The van der Waals surface area contributed by atoms with Crippen molar-refractivity contribution >= 4 is 29.6 Å². The summed E-state index contributed by atoms with van der Waals surface area (Å²) in [5, 5.41) is 5.54.